The van der Waals surface area contributed by atoms with Crippen molar-refractivity contribution in [3.63, 3.8) is 0 Å². The second kappa shape index (κ2) is 10.1. The van der Waals surface area contributed by atoms with Gasteiger partial charge in [-0.3, -0.25) is 14.0 Å². The largest absolute Gasteiger partial charge is 0.598 e. The summed E-state index contributed by atoms with van der Waals surface area (Å²) >= 11 is 6.80. The highest BCUT2D eigenvalue weighted by atomic mass is 35.5. The van der Waals surface area contributed by atoms with E-state index >= 15 is 0 Å². The molecule has 1 N–H and O–H groups in total. The van der Waals surface area contributed by atoms with Crippen LogP contribution in [0.4, 0.5) is 5.95 Å². The van der Waals surface area contributed by atoms with Gasteiger partial charge in [0.05, 0.1) is 40.9 Å². The van der Waals surface area contributed by atoms with Crippen molar-refractivity contribution >= 4 is 51.6 Å². The second-order valence-electron chi connectivity index (χ2n) is 10.9. The molecule has 2 atom stereocenters. The summed E-state index contributed by atoms with van der Waals surface area (Å²) in [5.74, 6) is 0.653. The average Bonchev–Trinajstić information content (AvgIpc) is 3.42. The van der Waals surface area contributed by atoms with E-state index < -0.39 is 11.4 Å². The van der Waals surface area contributed by atoms with E-state index in [1.807, 2.05) is 46.1 Å². The van der Waals surface area contributed by atoms with Crippen molar-refractivity contribution in [3.8, 4) is 0 Å². The summed E-state index contributed by atoms with van der Waals surface area (Å²) in [6, 6.07) is 3.85. The molecule has 2 aromatic heterocycles. The van der Waals surface area contributed by atoms with Crippen LogP contribution in [-0.2, 0) is 30.2 Å². The first-order chi connectivity index (χ1) is 17.5. The standard InChI is InChI=1S/C25H33ClN6O3S2/c1-24(2,3)37(34)29-20-14-35-15-25(20)8-10-32(11-9-25)23-27-12-19(22(33)31(23)5)36-18-7-6-17-16(21(18)26)13-30(4)28-17/h6-7,12-13,20,29H,8-11,14-15H2,1-5H3/t20-,37?/m1/s1. The highest BCUT2D eigenvalue weighted by molar-refractivity contribution is 7.99. The highest BCUT2D eigenvalue weighted by Gasteiger charge is 2.49. The van der Waals surface area contributed by atoms with Gasteiger partial charge in [0, 0.05) is 60.4 Å². The van der Waals surface area contributed by atoms with E-state index in [9.17, 15) is 9.35 Å². The van der Waals surface area contributed by atoms with Crippen LogP contribution >= 0.6 is 23.4 Å². The molecular formula is C25H33ClN6O3S2. The van der Waals surface area contributed by atoms with Crippen LogP contribution in [0.15, 0.2) is 39.1 Å². The van der Waals surface area contributed by atoms with Gasteiger partial charge >= 0.3 is 0 Å². The fourth-order valence-corrected chi connectivity index (χ4v) is 7.16. The van der Waals surface area contributed by atoms with Crippen LogP contribution in [0.3, 0.4) is 0 Å². The summed E-state index contributed by atoms with van der Waals surface area (Å²) in [5, 5.41) is 5.82. The maximum Gasteiger partial charge on any atom is 0.268 e. The van der Waals surface area contributed by atoms with Gasteiger partial charge in [-0.2, -0.15) is 5.10 Å². The van der Waals surface area contributed by atoms with Crippen molar-refractivity contribution in [1.29, 1.82) is 0 Å². The number of benzene rings is 1. The Labute approximate surface area is 229 Å². The number of ether oxygens (including phenoxy) is 1. The van der Waals surface area contributed by atoms with Gasteiger partial charge in [-0.05, 0) is 45.7 Å². The molecule has 3 aromatic rings. The number of anilines is 1. The Morgan fingerprint density at radius 3 is 2.68 bits per heavy atom. The quantitative estimate of drug-likeness (QED) is 0.470. The first-order valence-electron chi connectivity index (χ1n) is 12.3. The average molecular weight is 565 g/mol. The number of hydrogen-bond acceptors (Lipinski definition) is 8. The monoisotopic (exact) mass is 564 g/mol. The van der Waals surface area contributed by atoms with E-state index in [1.165, 1.54) is 11.8 Å². The summed E-state index contributed by atoms with van der Waals surface area (Å²) in [7, 11) is 3.62. The smallest absolute Gasteiger partial charge is 0.268 e. The lowest BCUT2D eigenvalue weighted by Gasteiger charge is -2.42. The predicted octanol–water partition coefficient (Wildman–Crippen LogP) is 3.51. The fourth-order valence-electron chi connectivity index (χ4n) is 5.00. The number of aryl methyl sites for hydroxylation is 1. The van der Waals surface area contributed by atoms with Crippen LogP contribution in [0.25, 0.3) is 10.9 Å². The van der Waals surface area contributed by atoms with Crippen LogP contribution in [-0.4, -0.2) is 61.0 Å². The fraction of sp³-hybridized carbons (Fsp3) is 0.560. The van der Waals surface area contributed by atoms with Crippen LogP contribution in [0.5, 0.6) is 0 Å². The van der Waals surface area contributed by atoms with Gasteiger partial charge in [0.15, 0.2) is 0 Å². The van der Waals surface area contributed by atoms with Gasteiger partial charge in [-0.1, -0.05) is 23.4 Å². The van der Waals surface area contributed by atoms with Crippen LogP contribution < -0.4 is 15.2 Å². The Balaban J connectivity index is 1.30. The van der Waals surface area contributed by atoms with Crippen molar-refractivity contribution in [2.75, 3.05) is 31.2 Å². The zero-order chi connectivity index (χ0) is 26.5. The molecule has 1 spiro atoms. The van der Waals surface area contributed by atoms with Gasteiger partial charge in [0.25, 0.3) is 5.56 Å². The van der Waals surface area contributed by atoms with Gasteiger partial charge < -0.3 is 14.2 Å². The van der Waals surface area contributed by atoms with Crippen LogP contribution in [0.2, 0.25) is 5.02 Å². The van der Waals surface area contributed by atoms with Gasteiger partial charge in [-0.15, -0.1) is 4.72 Å². The summed E-state index contributed by atoms with van der Waals surface area (Å²) < 4.78 is 24.9. The molecule has 2 saturated heterocycles. The first kappa shape index (κ1) is 26.8. The molecule has 12 heteroatoms. The summed E-state index contributed by atoms with van der Waals surface area (Å²) in [6.07, 6.45) is 5.27. The maximum absolute atomic E-state index is 13.3. The van der Waals surface area contributed by atoms with E-state index in [0.29, 0.717) is 29.1 Å². The van der Waals surface area contributed by atoms with Crippen molar-refractivity contribution in [2.45, 2.75) is 54.2 Å². The molecule has 5 rings (SSSR count). The third-order valence-electron chi connectivity index (χ3n) is 7.30. The number of rotatable bonds is 5. The summed E-state index contributed by atoms with van der Waals surface area (Å²) in [6.45, 7) is 8.64. The molecule has 1 aromatic carbocycles. The molecule has 0 radical (unpaired) electrons. The first-order valence-corrected chi connectivity index (χ1v) is 14.7. The number of fused-ring (bicyclic) bond motifs is 1. The molecule has 0 saturated carbocycles. The van der Waals surface area contributed by atoms with E-state index in [4.69, 9.17) is 16.3 Å². The molecule has 0 aliphatic carbocycles. The summed E-state index contributed by atoms with van der Waals surface area (Å²) in [5.41, 5.74) is 0.645. The lowest BCUT2D eigenvalue weighted by atomic mass is 9.75. The van der Waals surface area contributed by atoms with Gasteiger partial charge in [0.2, 0.25) is 5.95 Å². The van der Waals surface area contributed by atoms with E-state index in [0.717, 1.165) is 41.7 Å². The minimum atomic E-state index is -1.15. The number of aromatic nitrogens is 4. The molecule has 9 nitrogen and oxygen atoms in total. The zero-order valence-corrected chi connectivity index (χ0v) is 24.2. The highest BCUT2D eigenvalue weighted by Crippen LogP contribution is 2.41. The molecule has 1 unspecified atom stereocenters. The molecule has 0 bridgehead atoms. The number of nitrogens with one attached hydrogen (secondary N) is 1. The molecular weight excluding hydrogens is 532 g/mol. The number of halogens is 1. The molecule has 4 heterocycles. The van der Waals surface area contributed by atoms with Crippen molar-refractivity contribution < 1.29 is 9.29 Å². The van der Waals surface area contributed by atoms with Crippen molar-refractivity contribution in [3.05, 3.63) is 39.9 Å². The normalized spacial score (nSPS) is 20.7. The minimum absolute atomic E-state index is 0.0483. The van der Waals surface area contributed by atoms with Gasteiger partial charge in [0.1, 0.15) is 4.75 Å². The number of hydrogen-bond donors (Lipinski definition) is 1. The number of nitrogens with zero attached hydrogens (tertiary/aromatic N) is 5. The van der Waals surface area contributed by atoms with Gasteiger partial charge in [-0.25, -0.2) is 4.98 Å². The van der Waals surface area contributed by atoms with E-state index in [1.54, 1.807) is 22.5 Å². The molecule has 2 aliphatic rings. The van der Waals surface area contributed by atoms with Crippen LogP contribution in [0.1, 0.15) is 33.6 Å². The molecule has 200 valence electrons. The topological polar surface area (TPSA) is 100 Å². The Hall–Kier alpha value is -1.76. The third kappa shape index (κ3) is 5.14. The second-order valence-corrected chi connectivity index (χ2v) is 14.4. The predicted molar refractivity (Wildman–Crippen MR) is 149 cm³/mol. The Kier molecular flexibility index (Phi) is 7.32. The van der Waals surface area contributed by atoms with Crippen LogP contribution in [0, 0.1) is 5.41 Å². The lowest BCUT2D eigenvalue weighted by molar-refractivity contribution is 0.130. The molecule has 37 heavy (non-hydrogen) atoms. The maximum atomic E-state index is 13.3. The Bertz CT molecular complexity index is 1360. The third-order valence-corrected chi connectivity index (χ3v) is 10.5. The molecule has 2 aliphatic heterocycles. The zero-order valence-electron chi connectivity index (χ0n) is 21.8. The number of piperidine rings is 1. The Morgan fingerprint density at radius 2 is 1.97 bits per heavy atom. The Morgan fingerprint density at radius 1 is 1.24 bits per heavy atom. The lowest BCUT2D eigenvalue weighted by Crippen LogP contribution is -2.55. The van der Waals surface area contributed by atoms with Crippen molar-refractivity contribution in [1.82, 2.24) is 24.1 Å². The molecule has 2 fully saturated rings. The molecule has 0 amide bonds. The van der Waals surface area contributed by atoms with E-state index in [2.05, 4.69) is 19.7 Å². The van der Waals surface area contributed by atoms with Crippen molar-refractivity contribution in [2.24, 2.45) is 19.5 Å². The minimum Gasteiger partial charge on any atom is -0.598 e. The van der Waals surface area contributed by atoms with E-state index in [-0.39, 0.29) is 21.8 Å². The SMILES string of the molecule is Cn1cc2c(Cl)c(Sc3cnc(N4CCC5(CC4)COC[C@H]5N[S+]([O-])C(C)(C)C)n(C)c3=O)ccc2n1. The summed E-state index contributed by atoms with van der Waals surface area (Å²) in [4.78, 5) is 21.4.